The summed E-state index contributed by atoms with van der Waals surface area (Å²) >= 11 is 0. The number of benzene rings is 2. The second-order valence-electron chi connectivity index (χ2n) is 4.77. The minimum atomic E-state index is -4.64. The average Bonchev–Trinajstić information content (AvgIpc) is 2.53. The van der Waals surface area contributed by atoms with Crippen LogP contribution >= 0.6 is 0 Å². The number of hydrogen-bond acceptors (Lipinski definition) is 5. The molecule has 0 aliphatic carbocycles. The zero-order valence-corrected chi connectivity index (χ0v) is 13.4. The van der Waals surface area contributed by atoms with E-state index in [2.05, 4.69) is 0 Å². The first kappa shape index (κ1) is 18.5. The molecule has 0 bridgehead atoms. The monoisotopic (exact) mass is 376 g/mol. The number of methoxy groups -OCH3 is 1. The summed E-state index contributed by atoms with van der Waals surface area (Å²) in [4.78, 5) is 9.64. The average molecular weight is 376 g/mol. The molecule has 0 saturated carbocycles. The summed E-state index contributed by atoms with van der Waals surface area (Å²) in [5.41, 5.74) is -1.95. The fourth-order valence-electron chi connectivity index (χ4n) is 1.95. The molecule has 7 nitrogen and oxygen atoms in total. The Balaban J connectivity index is 2.40. The van der Waals surface area contributed by atoms with Gasteiger partial charge in [0.05, 0.1) is 22.5 Å². The number of sulfonamides is 1. The summed E-state index contributed by atoms with van der Waals surface area (Å²) in [5, 5.41) is 11.0. The Bertz CT molecular complexity index is 913. The Labute approximate surface area is 140 Å². The van der Waals surface area contributed by atoms with Gasteiger partial charge in [-0.3, -0.25) is 14.8 Å². The van der Waals surface area contributed by atoms with Gasteiger partial charge in [0.1, 0.15) is 0 Å². The van der Waals surface area contributed by atoms with Crippen molar-refractivity contribution in [3.05, 3.63) is 58.1 Å². The quantitative estimate of drug-likeness (QED) is 0.637. The van der Waals surface area contributed by atoms with E-state index in [4.69, 9.17) is 4.74 Å². The summed E-state index contributed by atoms with van der Waals surface area (Å²) in [5.74, 6) is -0.150. The first-order valence-corrected chi connectivity index (χ1v) is 8.05. The van der Waals surface area contributed by atoms with E-state index in [0.717, 1.165) is 36.4 Å². The molecule has 0 aliphatic heterocycles. The lowest BCUT2D eigenvalue weighted by molar-refractivity contribution is -0.386. The fraction of sp³-hybridized carbons (Fsp3) is 0.143. The van der Waals surface area contributed by atoms with Crippen molar-refractivity contribution in [1.82, 2.24) is 0 Å². The summed E-state index contributed by atoms with van der Waals surface area (Å²) in [6.45, 7) is 0. The molecule has 2 aromatic carbocycles. The topological polar surface area (TPSA) is 98.5 Å². The van der Waals surface area contributed by atoms with Crippen LogP contribution in [-0.4, -0.2) is 20.5 Å². The molecule has 0 unspecified atom stereocenters. The molecule has 11 heteroatoms. The van der Waals surface area contributed by atoms with Crippen LogP contribution in [0.1, 0.15) is 5.56 Å². The van der Waals surface area contributed by atoms with E-state index in [0.29, 0.717) is 6.07 Å². The van der Waals surface area contributed by atoms with Crippen molar-refractivity contribution in [1.29, 1.82) is 0 Å². The largest absolute Gasteiger partial charge is 0.490 e. The molecule has 0 atom stereocenters. The fourth-order valence-corrected chi connectivity index (χ4v) is 3.02. The first-order valence-electron chi connectivity index (χ1n) is 6.57. The van der Waals surface area contributed by atoms with Crippen molar-refractivity contribution in [3.8, 4) is 5.75 Å². The molecule has 0 saturated heterocycles. The summed E-state index contributed by atoms with van der Waals surface area (Å²) in [7, 11) is -3.16. The lowest BCUT2D eigenvalue weighted by Gasteiger charge is -2.11. The van der Waals surface area contributed by atoms with Gasteiger partial charge in [0, 0.05) is 11.8 Å². The maximum Gasteiger partial charge on any atom is 0.416 e. The van der Waals surface area contributed by atoms with Gasteiger partial charge in [-0.25, -0.2) is 8.42 Å². The highest BCUT2D eigenvalue weighted by Gasteiger charge is 2.31. The molecule has 0 fully saturated rings. The highest BCUT2D eigenvalue weighted by molar-refractivity contribution is 7.92. The third kappa shape index (κ3) is 4.18. The number of anilines is 1. The van der Waals surface area contributed by atoms with Crippen LogP contribution in [0.25, 0.3) is 0 Å². The lowest BCUT2D eigenvalue weighted by atomic mass is 10.2. The number of halogens is 3. The van der Waals surface area contributed by atoms with E-state index in [-0.39, 0.29) is 11.4 Å². The van der Waals surface area contributed by atoms with Gasteiger partial charge in [0.25, 0.3) is 10.0 Å². The highest BCUT2D eigenvalue weighted by Crippen LogP contribution is 2.32. The number of nitrogens with one attached hydrogen (secondary N) is 1. The normalized spacial score (nSPS) is 11.8. The second kappa shape index (κ2) is 6.59. The Morgan fingerprint density at radius 3 is 2.40 bits per heavy atom. The Kier molecular flexibility index (Phi) is 4.88. The number of alkyl halides is 3. The molecular formula is C14H11F3N2O5S. The van der Waals surface area contributed by atoms with E-state index in [1.54, 1.807) is 0 Å². The molecule has 0 aliphatic rings. The van der Waals surface area contributed by atoms with Crippen molar-refractivity contribution >= 4 is 21.4 Å². The molecular weight excluding hydrogens is 365 g/mol. The SMILES string of the molecule is COc1ccc(S(=O)(=O)Nc2cccc(C(F)(F)F)c2)cc1[N+](=O)[O-]. The van der Waals surface area contributed by atoms with Gasteiger partial charge >= 0.3 is 11.9 Å². The molecule has 2 aromatic rings. The van der Waals surface area contributed by atoms with Gasteiger partial charge in [0.15, 0.2) is 5.75 Å². The van der Waals surface area contributed by atoms with Crippen molar-refractivity contribution in [2.45, 2.75) is 11.1 Å². The van der Waals surface area contributed by atoms with Crippen molar-refractivity contribution in [2.24, 2.45) is 0 Å². The van der Waals surface area contributed by atoms with Crippen LogP contribution in [0, 0.1) is 10.1 Å². The number of nitro benzene ring substituents is 1. The van der Waals surface area contributed by atoms with Crippen molar-refractivity contribution in [2.75, 3.05) is 11.8 Å². The van der Waals surface area contributed by atoms with Crippen LogP contribution in [0.4, 0.5) is 24.5 Å². The summed E-state index contributed by atoms with van der Waals surface area (Å²) in [6, 6.07) is 6.46. The van der Waals surface area contributed by atoms with Crippen LogP contribution < -0.4 is 9.46 Å². The number of ether oxygens (including phenoxy) is 1. The van der Waals surface area contributed by atoms with Crippen LogP contribution in [0.15, 0.2) is 47.4 Å². The third-order valence-corrected chi connectivity index (χ3v) is 4.48. The molecule has 0 spiro atoms. The minimum absolute atomic E-state index is 0.150. The van der Waals surface area contributed by atoms with E-state index in [9.17, 15) is 31.7 Å². The Morgan fingerprint density at radius 1 is 1.16 bits per heavy atom. The standard InChI is InChI=1S/C14H11F3N2O5S/c1-24-13-6-5-11(8-12(13)19(20)21)25(22,23)18-10-4-2-3-9(7-10)14(15,16)17/h2-8,18H,1H3. The number of rotatable bonds is 5. The zero-order chi connectivity index (χ0) is 18.8. The maximum absolute atomic E-state index is 12.7. The minimum Gasteiger partial charge on any atom is -0.490 e. The lowest BCUT2D eigenvalue weighted by Crippen LogP contribution is -2.14. The zero-order valence-electron chi connectivity index (χ0n) is 12.6. The summed E-state index contributed by atoms with van der Waals surface area (Å²) in [6.07, 6.45) is -4.64. The van der Waals surface area contributed by atoms with E-state index < -0.39 is 37.3 Å². The molecule has 0 heterocycles. The predicted molar refractivity (Wildman–Crippen MR) is 81.9 cm³/mol. The summed E-state index contributed by atoms with van der Waals surface area (Å²) < 4.78 is 69.3. The first-order chi connectivity index (χ1) is 11.5. The Hall–Kier alpha value is -2.82. The molecule has 25 heavy (non-hydrogen) atoms. The molecule has 1 N–H and O–H groups in total. The smallest absolute Gasteiger partial charge is 0.416 e. The maximum atomic E-state index is 12.7. The molecule has 0 amide bonds. The van der Waals surface area contributed by atoms with Crippen LogP contribution in [0.3, 0.4) is 0 Å². The number of nitro groups is 1. The van der Waals surface area contributed by atoms with Gasteiger partial charge in [-0.15, -0.1) is 0 Å². The molecule has 134 valence electrons. The van der Waals surface area contributed by atoms with Crippen LogP contribution in [0.5, 0.6) is 5.75 Å². The molecule has 2 rings (SSSR count). The second-order valence-corrected chi connectivity index (χ2v) is 6.46. The van der Waals surface area contributed by atoms with Gasteiger partial charge in [-0.1, -0.05) is 6.07 Å². The van der Waals surface area contributed by atoms with E-state index in [1.165, 1.54) is 7.11 Å². The van der Waals surface area contributed by atoms with Gasteiger partial charge in [-0.2, -0.15) is 13.2 Å². The Morgan fingerprint density at radius 2 is 1.84 bits per heavy atom. The van der Waals surface area contributed by atoms with E-state index in [1.807, 2.05) is 4.72 Å². The highest BCUT2D eigenvalue weighted by atomic mass is 32.2. The van der Waals surface area contributed by atoms with Crippen LogP contribution in [-0.2, 0) is 16.2 Å². The predicted octanol–water partition coefficient (Wildman–Crippen LogP) is 3.42. The van der Waals surface area contributed by atoms with Crippen LogP contribution in [0.2, 0.25) is 0 Å². The molecule has 0 aromatic heterocycles. The number of hydrogen-bond donors (Lipinski definition) is 1. The van der Waals surface area contributed by atoms with Gasteiger partial charge in [0.2, 0.25) is 0 Å². The van der Waals surface area contributed by atoms with Gasteiger partial charge < -0.3 is 4.74 Å². The van der Waals surface area contributed by atoms with Gasteiger partial charge in [-0.05, 0) is 30.3 Å². The molecule has 0 radical (unpaired) electrons. The van der Waals surface area contributed by atoms with Crippen molar-refractivity contribution in [3.63, 3.8) is 0 Å². The van der Waals surface area contributed by atoms with E-state index >= 15 is 0 Å². The third-order valence-electron chi connectivity index (χ3n) is 3.10. The number of nitrogens with zero attached hydrogens (tertiary/aromatic N) is 1. The van der Waals surface area contributed by atoms with Crippen molar-refractivity contribution < 1.29 is 31.2 Å².